The van der Waals surface area contributed by atoms with Gasteiger partial charge in [-0.05, 0) is 24.3 Å². The molecule has 146 valence electrons. The summed E-state index contributed by atoms with van der Waals surface area (Å²) in [5.74, 6) is -1.89. The average molecular weight is 519 g/mol. The Morgan fingerprint density at radius 3 is 2.24 bits per heavy atom. The van der Waals surface area contributed by atoms with E-state index >= 15 is 0 Å². The van der Waals surface area contributed by atoms with Gasteiger partial charge in [-0.1, -0.05) is 44.0 Å². The van der Waals surface area contributed by atoms with Crippen molar-refractivity contribution in [3.63, 3.8) is 0 Å². The topological polar surface area (TPSA) is 119 Å². The van der Waals surface area contributed by atoms with Gasteiger partial charge in [-0.3, -0.25) is 0 Å². The van der Waals surface area contributed by atoms with Gasteiger partial charge in [0.15, 0.2) is 0 Å². The number of aromatic nitrogens is 2. The Bertz CT molecular complexity index is 1280. The molecule has 4 aromatic rings. The fourth-order valence-corrected chi connectivity index (χ4v) is 3.63. The van der Waals surface area contributed by atoms with Crippen molar-refractivity contribution >= 4 is 65.6 Å². The van der Waals surface area contributed by atoms with E-state index in [0.717, 1.165) is 25.4 Å². The number of nitrogens with one attached hydrogen (secondary N) is 1. The van der Waals surface area contributed by atoms with Gasteiger partial charge in [0.1, 0.15) is 6.54 Å². The number of aromatic amines is 1. The summed E-state index contributed by atoms with van der Waals surface area (Å²) in [6.07, 6.45) is 2.99. The van der Waals surface area contributed by atoms with Crippen molar-refractivity contribution in [2.24, 2.45) is 0 Å². The number of nitrogens with zero attached hydrogens (tertiary/aromatic N) is 2. The van der Waals surface area contributed by atoms with Crippen molar-refractivity contribution in [3.8, 4) is 6.07 Å². The largest absolute Gasteiger partial charge is 0.478 e. The zero-order chi connectivity index (χ0) is 21.1. The number of halogens is 2. The monoisotopic (exact) mass is 517 g/mol. The highest BCUT2D eigenvalue weighted by atomic mass is 79.9. The second-order valence-corrected chi connectivity index (χ2v) is 7.82. The molecular weight excluding hydrogens is 506 g/mol. The van der Waals surface area contributed by atoms with Crippen LogP contribution in [0.1, 0.15) is 20.7 Å². The molecule has 0 unspecified atom stereocenters. The summed E-state index contributed by atoms with van der Waals surface area (Å²) in [7, 11) is 0. The van der Waals surface area contributed by atoms with Crippen molar-refractivity contribution < 1.29 is 19.8 Å². The zero-order valence-corrected chi connectivity index (χ0v) is 17.9. The fraction of sp³-hybridized carbons (Fsp3) is 0.0500. The summed E-state index contributed by atoms with van der Waals surface area (Å²) in [6.45, 7) is 0.139. The van der Waals surface area contributed by atoms with Gasteiger partial charge in [0, 0.05) is 37.6 Å². The Balaban J connectivity index is 0.000000169. The van der Waals surface area contributed by atoms with E-state index in [-0.39, 0.29) is 12.1 Å². The fourth-order valence-electron chi connectivity index (χ4n) is 2.92. The van der Waals surface area contributed by atoms with Crippen LogP contribution in [0.2, 0.25) is 0 Å². The van der Waals surface area contributed by atoms with Gasteiger partial charge in [0.2, 0.25) is 0 Å². The van der Waals surface area contributed by atoms with Crippen LogP contribution in [0.3, 0.4) is 0 Å². The second kappa shape index (κ2) is 8.51. The first-order valence-electron chi connectivity index (χ1n) is 8.20. The molecule has 0 atom stereocenters. The predicted octanol–water partition coefficient (Wildman–Crippen LogP) is 5.25. The number of carbonyl (C=O) groups is 2. The second-order valence-electron chi connectivity index (χ2n) is 5.99. The van der Waals surface area contributed by atoms with Gasteiger partial charge < -0.3 is 19.8 Å². The zero-order valence-electron chi connectivity index (χ0n) is 14.7. The molecule has 4 rings (SSSR count). The van der Waals surface area contributed by atoms with Crippen LogP contribution in [-0.4, -0.2) is 31.7 Å². The van der Waals surface area contributed by atoms with Crippen molar-refractivity contribution in [1.82, 2.24) is 9.55 Å². The van der Waals surface area contributed by atoms with Crippen LogP contribution in [-0.2, 0) is 6.54 Å². The summed E-state index contributed by atoms with van der Waals surface area (Å²) < 4.78 is 3.41. The summed E-state index contributed by atoms with van der Waals surface area (Å²) >= 11 is 6.63. The smallest absolute Gasteiger partial charge is 0.337 e. The van der Waals surface area contributed by atoms with Crippen LogP contribution in [0.15, 0.2) is 57.7 Å². The lowest BCUT2D eigenvalue weighted by Crippen LogP contribution is -1.95. The molecule has 0 fully saturated rings. The first-order valence-corrected chi connectivity index (χ1v) is 9.79. The summed E-state index contributed by atoms with van der Waals surface area (Å²) in [4.78, 5) is 24.6. The molecule has 0 aliphatic rings. The van der Waals surface area contributed by atoms with Crippen molar-refractivity contribution in [1.29, 1.82) is 5.26 Å². The minimum absolute atomic E-state index is 0.139. The van der Waals surface area contributed by atoms with Crippen LogP contribution in [0.25, 0.3) is 21.8 Å². The van der Waals surface area contributed by atoms with Gasteiger partial charge in [-0.15, -0.1) is 0 Å². The number of H-pyrrole nitrogens is 1. The van der Waals surface area contributed by atoms with Gasteiger partial charge in [-0.25, -0.2) is 9.59 Å². The third-order valence-corrected chi connectivity index (χ3v) is 5.18. The van der Waals surface area contributed by atoms with Gasteiger partial charge in [0.05, 0.1) is 22.7 Å². The number of aromatic carboxylic acids is 2. The summed E-state index contributed by atoms with van der Waals surface area (Å²) in [5.41, 5.74) is 2.10. The number of nitriles is 1. The molecule has 0 radical (unpaired) electrons. The minimum atomic E-state index is -0.982. The van der Waals surface area contributed by atoms with E-state index in [0.29, 0.717) is 10.9 Å². The molecule has 0 amide bonds. The molecule has 3 N–H and O–H groups in total. The first-order chi connectivity index (χ1) is 13.8. The standard InChI is InChI=1S/C11H7BrN2O2.C9H6BrNO2/c12-7-1-2-8-9(11(15)16)6-14(4-3-13)10(8)5-7;10-5-1-2-6-7(9(12)13)4-11-8(6)3-5/h1-2,5-6H,4H2,(H,15,16);1-4,11H,(H,12,13). The Morgan fingerprint density at radius 2 is 1.62 bits per heavy atom. The molecule has 0 bridgehead atoms. The third-order valence-electron chi connectivity index (χ3n) is 4.19. The lowest BCUT2D eigenvalue weighted by molar-refractivity contribution is 0.0688. The average Bonchev–Trinajstić information content (AvgIpc) is 3.24. The lowest BCUT2D eigenvalue weighted by Gasteiger charge is -1.98. The first kappa shape index (κ1) is 20.6. The maximum atomic E-state index is 11.0. The number of rotatable bonds is 3. The van der Waals surface area contributed by atoms with E-state index in [9.17, 15) is 9.59 Å². The van der Waals surface area contributed by atoms with E-state index in [1.807, 2.05) is 18.2 Å². The van der Waals surface area contributed by atoms with Crippen molar-refractivity contribution in [2.45, 2.75) is 6.54 Å². The SMILES string of the molecule is N#CCn1cc(C(=O)O)c2ccc(Br)cc21.O=C(O)c1c[nH]c2cc(Br)ccc12. The van der Waals surface area contributed by atoms with E-state index in [1.54, 1.807) is 28.8 Å². The quantitative estimate of drug-likeness (QED) is 0.342. The number of hydrogen-bond donors (Lipinski definition) is 3. The number of carboxylic acids is 2. The highest BCUT2D eigenvalue weighted by molar-refractivity contribution is 9.10. The minimum Gasteiger partial charge on any atom is -0.478 e. The van der Waals surface area contributed by atoms with E-state index in [1.165, 1.54) is 12.4 Å². The van der Waals surface area contributed by atoms with E-state index < -0.39 is 11.9 Å². The molecular formula is C20H13Br2N3O4. The Morgan fingerprint density at radius 1 is 1.00 bits per heavy atom. The normalized spacial score (nSPS) is 10.4. The molecule has 0 aliphatic carbocycles. The number of fused-ring (bicyclic) bond motifs is 2. The Hall–Kier alpha value is -3.09. The van der Waals surface area contributed by atoms with Gasteiger partial charge in [0.25, 0.3) is 0 Å². The molecule has 7 nitrogen and oxygen atoms in total. The maximum absolute atomic E-state index is 11.0. The highest BCUT2D eigenvalue weighted by Crippen LogP contribution is 2.25. The Labute approximate surface area is 181 Å². The Kier molecular flexibility index (Phi) is 6.06. The molecule has 0 spiro atoms. The van der Waals surface area contributed by atoms with Crippen LogP contribution in [0.5, 0.6) is 0 Å². The van der Waals surface area contributed by atoms with Gasteiger partial charge in [-0.2, -0.15) is 5.26 Å². The molecule has 0 saturated heterocycles. The molecule has 2 aromatic carbocycles. The molecule has 29 heavy (non-hydrogen) atoms. The summed E-state index contributed by atoms with van der Waals surface area (Å²) in [6, 6.07) is 12.8. The van der Waals surface area contributed by atoms with Crippen molar-refractivity contribution in [2.75, 3.05) is 0 Å². The lowest BCUT2D eigenvalue weighted by atomic mass is 10.2. The van der Waals surface area contributed by atoms with Gasteiger partial charge >= 0.3 is 11.9 Å². The van der Waals surface area contributed by atoms with Crippen molar-refractivity contribution in [3.05, 3.63) is 68.9 Å². The maximum Gasteiger partial charge on any atom is 0.337 e. The third kappa shape index (κ3) is 4.34. The summed E-state index contributed by atoms with van der Waals surface area (Å²) in [5, 5.41) is 27.9. The van der Waals surface area contributed by atoms with E-state index in [4.69, 9.17) is 15.5 Å². The number of carboxylic acid groups (broad SMARTS) is 2. The van der Waals surface area contributed by atoms with Crippen LogP contribution >= 0.6 is 31.9 Å². The van der Waals surface area contributed by atoms with Crippen LogP contribution in [0, 0.1) is 11.3 Å². The predicted molar refractivity (Wildman–Crippen MR) is 115 cm³/mol. The van der Waals surface area contributed by atoms with E-state index in [2.05, 4.69) is 36.8 Å². The molecule has 0 aliphatic heterocycles. The number of benzene rings is 2. The highest BCUT2D eigenvalue weighted by Gasteiger charge is 2.14. The van der Waals surface area contributed by atoms with Crippen LogP contribution in [0.4, 0.5) is 0 Å². The molecule has 0 saturated carbocycles. The molecule has 2 heterocycles. The van der Waals surface area contributed by atoms with Crippen LogP contribution < -0.4 is 0 Å². The number of hydrogen-bond acceptors (Lipinski definition) is 3. The molecule has 9 heteroatoms. The molecule has 2 aromatic heterocycles.